The largest absolute Gasteiger partial charge is 0.365 e. The quantitative estimate of drug-likeness (QED) is 0.713. The number of hydrogen-bond donors (Lipinski definition) is 2. The lowest BCUT2D eigenvalue weighted by Crippen LogP contribution is -2.41. The minimum atomic E-state index is -0.505. The van der Waals surface area contributed by atoms with Gasteiger partial charge in [-0.05, 0) is 51.2 Å². The van der Waals surface area contributed by atoms with E-state index in [2.05, 4.69) is 58.7 Å². The van der Waals surface area contributed by atoms with Gasteiger partial charge in [-0.25, -0.2) is 9.50 Å². The number of nitrogens with one attached hydrogen (secondary N) is 1. The zero-order valence-corrected chi connectivity index (χ0v) is 15.6. The van der Waals surface area contributed by atoms with Gasteiger partial charge in [-0.15, -0.1) is 0 Å². The fourth-order valence-electron chi connectivity index (χ4n) is 3.97. The molecule has 1 fully saturated rings. The summed E-state index contributed by atoms with van der Waals surface area (Å²) in [5.41, 5.74) is 9.48. The molecular weight excluding hydrogens is 340 g/mol. The number of pyridine rings is 1. The minimum Gasteiger partial charge on any atom is -0.365 e. The Labute approximate surface area is 158 Å². The zero-order valence-electron chi connectivity index (χ0n) is 15.6. The molecule has 4 rings (SSSR count). The van der Waals surface area contributed by atoms with Gasteiger partial charge in [0.25, 0.3) is 5.91 Å². The van der Waals surface area contributed by atoms with Gasteiger partial charge in [0.2, 0.25) is 0 Å². The maximum absolute atomic E-state index is 11.6. The van der Waals surface area contributed by atoms with Crippen LogP contribution < -0.4 is 11.1 Å². The van der Waals surface area contributed by atoms with Crippen LogP contribution in [0.2, 0.25) is 0 Å². The number of aromatic nitrogens is 3. The van der Waals surface area contributed by atoms with Crippen LogP contribution in [-0.2, 0) is 6.42 Å². The van der Waals surface area contributed by atoms with Crippen molar-refractivity contribution < 1.29 is 4.79 Å². The molecule has 27 heavy (non-hydrogen) atoms. The Morgan fingerprint density at radius 1 is 1.26 bits per heavy atom. The second-order valence-corrected chi connectivity index (χ2v) is 7.27. The van der Waals surface area contributed by atoms with Gasteiger partial charge in [0.15, 0.2) is 5.65 Å². The number of hydrogen-bond acceptors (Lipinski definition) is 5. The first-order valence-electron chi connectivity index (χ1n) is 9.16. The first-order chi connectivity index (χ1) is 13.0. The van der Waals surface area contributed by atoms with E-state index in [0.29, 0.717) is 23.3 Å². The second kappa shape index (κ2) is 7.09. The highest BCUT2D eigenvalue weighted by atomic mass is 16.1. The summed E-state index contributed by atoms with van der Waals surface area (Å²) < 4.78 is 1.66. The Kier molecular flexibility index (Phi) is 4.63. The van der Waals surface area contributed by atoms with Crippen LogP contribution in [0, 0.1) is 0 Å². The molecule has 2 aromatic heterocycles. The summed E-state index contributed by atoms with van der Waals surface area (Å²) >= 11 is 0. The third-order valence-electron chi connectivity index (χ3n) is 5.37. The van der Waals surface area contributed by atoms with Crippen molar-refractivity contribution in [3.05, 3.63) is 53.9 Å². The maximum Gasteiger partial charge on any atom is 0.252 e. The van der Waals surface area contributed by atoms with Crippen molar-refractivity contribution >= 4 is 11.6 Å². The Morgan fingerprint density at radius 2 is 2.04 bits per heavy atom. The molecule has 3 heterocycles. The normalized spacial score (nSPS) is 19.8. The molecule has 3 N–H and O–H groups in total. The van der Waals surface area contributed by atoms with E-state index in [1.807, 2.05) is 6.07 Å². The molecule has 2 unspecified atom stereocenters. The molecule has 0 radical (unpaired) electrons. The topological polar surface area (TPSA) is 88.5 Å². The summed E-state index contributed by atoms with van der Waals surface area (Å²) in [4.78, 5) is 18.1. The monoisotopic (exact) mass is 364 g/mol. The number of fused-ring (bicyclic) bond motifs is 1. The Bertz CT molecular complexity index is 962. The molecule has 7 heteroatoms. The van der Waals surface area contributed by atoms with Gasteiger partial charge in [0, 0.05) is 17.6 Å². The van der Waals surface area contributed by atoms with Crippen LogP contribution in [0.15, 0.2) is 42.7 Å². The number of carbonyl (C=O) groups is 1. The van der Waals surface area contributed by atoms with Gasteiger partial charge in [-0.3, -0.25) is 4.79 Å². The van der Waals surface area contributed by atoms with Gasteiger partial charge < -0.3 is 16.0 Å². The van der Waals surface area contributed by atoms with Gasteiger partial charge in [0.1, 0.15) is 6.33 Å². The number of rotatable bonds is 5. The van der Waals surface area contributed by atoms with E-state index in [1.165, 1.54) is 18.3 Å². The standard InChI is InChI=1S/C20H24N6O/c1-25(2)18-9-10-22-16(18)11-13-3-5-14(6-4-13)17-8-7-15(19(21)27)20-23-12-24-26(17)20/h3-8,12,16,18,22H,9-11H2,1-2H3,(H2,21,27). The predicted octanol–water partition coefficient (Wildman–Crippen LogP) is 1.33. The van der Waals surface area contributed by atoms with E-state index in [0.717, 1.165) is 24.2 Å². The van der Waals surface area contributed by atoms with Crippen LogP contribution in [0.5, 0.6) is 0 Å². The van der Waals surface area contributed by atoms with Crippen molar-refractivity contribution in [2.75, 3.05) is 20.6 Å². The van der Waals surface area contributed by atoms with Crippen LogP contribution in [0.3, 0.4) is 0 Å². The molecule has 1 saturated heterocycles. The highest BCUT2D eigenvalue weighted by Gasteiger charge is 2.28. The van der Waals surface area contributed by atoms with E-state index in [4.69, 9.17) is 5.73 Å². The first kappa shape index (κ1) is 17.6. The van der Waals surface area contributed by atoms with Crippen LogP contribution in [0.4, 0.5) is 0 Å². The summed E-state index contributed by atoms with van der Waals surface area (Å²) in [5, 5.41) is 7.87. The number of benzene rings is 1. The van der Waals surface area contributed by atoms with Crippen molar-refractivity contribution in [1.82, 2.24) is 24.8 Å². The Balaban J connectivity index is 1.60. The summed E-state index contributed by atoms with van der Waals surface area (Å²) in [6.45, 7) is 1.07. The molecule has 3 aromatic rings. The average Bonchev–Trinajstić information content (AvgIpc) is 3.30. The Morgan fingerprint density at radius 3 is 2.74 bits per heavy atom. The van der Waals surface area contributed by atoms with Crippen molar-refractivity contribution in [2.45, 2.75) is 24.9 Å². The highest BCUT2D eigenvalue weighted by Crippen LogP contribution is 2.23. The molecule has 0 spiro atoms. The second-order valence-electron chi connectivity index (χ2n) is 7.27. The molecule has 0 aliphatic carbocycles. The minimum absolute atomic E-state index is 0.370. The summed E-state index contributed by atoms with van der Waals surface area (Å²) in [5.74, 6) is -0.505. The van der Waals surface area contributed by atoms with E-state index >= 15 is 0 Å². The number of primary amides is 1. The zero-order chi connectivity index (χ0) is 19.0. The number of nitrogens with zero attached hydrogens (tertiary/aromatic N) is 4. The first-order valence-corrected chi connectivity index (χ1v) is 9.16. The van der Waals surface area contributed by atoms with Gasteiger partial charge >= 0.3 is 0 Å². The fraction of sp³-hybridized carbons (Fsp3) is 0.350. The number of nitrogens with two attached hydrogens (primary N) is 1. The molecule has 0 bridgehead atoms. The van der Waals surface area contributed by atoms with Crippen molar-refractivity contribution in [2.24, 2.45) is 5.73 Å². The molecule has 1 aliphatic rings. The highest BCUT2D eigenvalue weighted by molar-refractivity contribution is 5.99. The molecule has 2 atom stereocenters. The average molecular weight is 364 g/mol. The summed E-state index contributed by atoms with van der Waals surface area (Å²) in [6.07, 6.45) is 3.63. The lowest BCUT2D eigenvalue weighted by molar-refractivity contribution is 0.100. The fourth-order valence-corrected chi connectivity index (χ4v) is 3.97. The summed E-state index contributed by atoms with van der Waals surface area (Å²) in [7, 11) is 4.29. The van der Waals surface area contributed by atoms with Gasteiger partial charge in [-0.2, -0.15) is 5.10 Å². The SMILES string of the molecule is CN(C)C1CCNC1Cc1ccc(-c2ccc(C(N)=O)c3ncnn23)cc1. The summed E-state index contributed by atoms with van der Waals surface area (Å²) in [6, 6.07) is 13.1. The maximum atomic E-state index is 11.6. The number of likely N-dealkylation sites (N-methyl/N-ethyl adjacent to an activating group) is 1. The third kappa shape index (κ3) is 3.31. The lowest BCUT2D eigenvalue weighted by Gasteiger charge is -2.26. The molecule has 1 aliphatic heterocycles. The van der Waals surface area contributed by atoms with Crippen LogP contribution in [0.1, 0.15) is 22.3 Å². The van der Waals surface area contributed by atoms with Gasteiger partial charge in [-0.1, -0.05) is 24.3 Å². The smallest absolute Gasteiger partial charge is 0.252 e. The molecular formula is C20H24N6O. The third-order valence-corrected chi connectivity index (χ3v) is 5.37. The van der Waals surface area contributed by atoms with Crippen LogP contribution in [0.25, 0.3) is 16.9 Å². The van der Waals surface area contributed by atoms with E-state index in [-0.39, 0.29) is 0 Å². The molecule has 1 aromatic carbocycles. The van der Waals surface area contributed by atoms with Crippen molar-refractivity contribution in [1.29, 1.82) is 0 Å². The number of amides is 1. The predicted molar refractivity (Wildman–Crippen MR) is 105 cm³/mol. The van der Waals surface area contributed by atoms with Crippen molar-refractivity contribution in [3.8, 4) is 11.3 Å². The van der Waals surface area contributed by atoms with Crippen LogP contribution >= 0.6 is 0 Å². The molecule has 1 amide bonds. The number of carbonyl (C=O) groups excluding carboxylic acids is 1. The van der Waals surface area contributed by atoms with E-state index in [1.54, 1.807) is 10.6 Å². The van der Waals surface area contributed by atoms with Crippen molar-refractivity contribution in [3.63, 3.8) is 0 Å². The Hall–Kier alpha value is -2.77. The molecule has 0 saturated carbocycles. The van der Waals surface area contributed by atoms with Crippen LogP contribution in [-0.4, -0.2) is 58.1 Å². The van der Waals surface area contributed by atoms with E-state index < -0.39 is 5.91 Å². The van der Waals surface area contributed by atoms with Gasteiger partial charge in [0.05, 0.1) is 11.3 Å². The lowest BCUT2D eigenvalue weighted by atomic mass is 9.98. The van der Waals surface area contributed by atoms with E-state index in [9.17, 15) is 4.79 Å². The molecule has 7 nitrogen and oxygen atoms in total. The molecule has 140 valence electrons.